The average Bonchev–Trinajstić information content (AvgIpc) is 2.97. The molecule has 0 saturated carbocycles. The fourth-order valence-electron chi connectivity index (χ4n) is 2.37. The lowest BCUT2D eigenvalue weighted by Gasteiger charge is -2.08. The highest BCUT2D eigenvalue weighted by molar-refractivity contribution is 7.93. The van der Waals surface area contributed by atoms with Crippen LogP contribution in [0, 0.1) is 12.8 Å². The largest absolute Gasteiger partial charge is 0.326 e. The van der Waals surface area contributed by atoms with E-state index in [-0.39, 0.29) is 16.7 Å². The van der Waals surface area contributed by atoms with Gasteiger partial charge in [-0.3, -0.25) is 9.52 Å². The number of amides is 1. The molecule has 2 N–H and O–H groups in total. The second-order valence-electron chi connectivity index (χ2n) is 6.22. The zero-order valence-corrected chi connectivity index (χ0v) is 16.2. The number of thiazole rings is 1. The van der Waals surface area contributed by atoms with Crippen molar-refractivity contribution in [3.05, 3.63) is 48.0 Å². The fourth-order valence-corrected chi connectivity index (χ4v) is 4.61. The maximum Gasteiger partial charge on any atom is 0.263 e. The number of aromatic nitrogens is 1. The molecular weight excluding hydrogens is 370 g/mol. The van der Waals surface area contributed by atoms with Gasteiger partial charge in [-0.15, -0.1) is 0 Å². The summed E-state index contributed by atoms with van der Waals surface area (Å²) >= 11 is 1.23. The lowest BCUT2D eigenvalue weighted by molar-refractivity contribution is -0.118. The zero-order chi connectivity index (χ0) is 18.9. The molecule has 0 aliphatic carbocycles. The van der Waals surface area contributed by atoms with E-state index in [4.69, 9.17) is 0 Å². The summed E-state index contributed by atoms with van der Waals surface area (Å²) in [5.74, 6) is -0.195. The number of carbonyl (C=O) groups excluding carboxylic acids is 1. The summed E-state index contributed by atoms with van der Waals surface area (Å²) in [7, 11) is -3.69. The molecule has 2 aromatic carbocycles. The number of fused-ring (bicyclic) bond motifs is 1. The molecule has 136 valence electrons. The molecule has 1 amide bonds. The molecule has 0 radical (unpaired) electrons. The maximum absolute atomic E-state index is 12.4. The van der Waals surface area contributed by atoms with Crippen LogP contribution in [0.3, 0.4) is 0 Å². The molecule has 0 atom stereocenters. The first kappa shape index (κ1) is 18.3. The van der Waals surface area contributed by atoms with E-state index in [9.17, 15) is 13.2 Å². The van der Waals surface area contributed by atoms with Crippen LogP contribution in [0.2, 0.25) is 0 Å². The molecule has 3 aromatic rings. The predicted molar refractivity (Wildman–Crippen MR) is 105 cm³/mol. The second kappa shape index (κ2) is 7.05. The van der Waals surface area contributed by atoms with Crippen molar-refractivity contribution in [2.45, 2.75) is 25.7 Å². The zero-order valence-electron chi connectivity index (χ0n) is 14.6. The van der Waals surface area contributed by atoms with Crippen LogP contribution >= 0.6 is 11.3 Å². The van der Waals surface area contributed by atoms with Crippen LogP contribution in [0.1, 0.15) is 19.4 Å². The highest BCUT2D eigenvalue weighted by Gasteiger charge is 2.17. The molecule has 0 aliphatic heterocycles. The molecule has 0 unspecified atom stereocenters. The van der Waals surface area contributed by atoms with Crippen molar-refractivity contribution in [3.8, 4) is 0 Å². The van der Waals surface area contributed by atoms with Gasteiger partial charge in [0.1, 0.15) is 0 Å². The van der Waals surface area contributed by atoms with Gasteiger partial charge in [-0.25, -0.2) is 13.4 Å². The third-order valence-electron chi connectivity index (χ3n) is 3.75. The lowest BCUT2D eigenvalue weighted by atomic mass is 10.1. The van der Waals surface area contributed by atoms with Gasteiger partial charge in [0.15, 0.2) is 5.13 Å². The van der Waals surface area contributed by atoms with E-state index in [1.807, 2.05) is 26.8 Å². The molecule has 0 saturated heterocycles. The number of carbonyl (C=O) groups is 1. The van der Waals surface area contributed by atoms with E-state index in [2.05, 4.69) is 15.0 Å². The summed E-state index contributed by atoms with van der Waals surface area (Å²) in [4.78, 5) is 16.5. The first-order valence-corrected chi connectivity index (χ1v) is 10.4. The Morgan fingerprint density at radius 3 is 2.50 bits per heavy atom. The summed E-state index contributed by atoms with van der Waals surface area (Å²) in [6.07, 6.45) is 0. The van der Waals surface area contributed by atoms with E-state index < -0.39 is 10.0 Å². The van der Waals surface area contributed by atoms with Crippen molar-refractivity contribution >= 4 is 48.3 Å². The Kier molecular flexibility index (Phi) is 4.97. The summed E-state index contributed by atoms with van der Waals surface area (Å²) in [6.45, 7) is 5.52. The lowest BCUT2D eigenvalue weighted by Crippen LogP contribution is -2.17. The molecule has 6 nitrogen and oxygen atoms in total. The third-order valence-corrected chi connectivity index (χ3v) is 6.15. The minimum atomic E-state index is -3.69. The van der Waals surface area contributed by atoms with Crippen molar-refractivity contribution in [1.29, 1.82) is 0 Å². The molecule has 1 heterocycles. The Bertz CT molecular complexity index is 1060. The Morgan fingerprint density at radius 2 is 1.85 bits per heavy atom. The summed E-state index contributed by atoms with van der Waals surface area (Å²) in [5, 5.41) is 3.15. The Labute approximate surface area is 156 Å². The average molecular weight is 390 g/mol. The third kappa shape index (κ3) is 3.86. The van der Waals surface area contributed by atoms with E-state index >= 15 is 0 Å². The molecule has 0 spiro atoms. The normalized spacial score (nSPS) is 11.7. The van der Waals surface area contributed by atoms with Gasteiger partial charge < -0.3 is 5.32 Å². The molecular formula is C18H19N3O3S2. The van der Waals surface area contributed by atoms with Crippen LogP contribution in [0.4, 0.5) is 10.8 Å². The number of benzene rings is 2. The first-order valence-electron chi connectivity index (χ1n) is 8.06. The number of rotatable bonds is 5. The van der Waals surface area contributed by atoms with E-state index in [1.54, 1.807) is 24.3 Å². The first-order chi connectivity index (χ1) is 12.3. The summed E-state index contributed by atoms with van der Waals surface area (Å²) in [5.41, 5.74) is 2.25. The van der Waals surface area contributed by atoms with Gasteiger partial charge in [-0.1, -0.05) is 43.4 Å². The van der Waals surface area contributed by atoms with Crippen molar-refractivity contribution in [1.82, 2.24) is 4.98 Å². The number of sulfonamides is 1. The van der Waals surface area contributed by atoms with Crippen molar-refractivity contribution < 1.29 is 13.2 Å². The highest BCUT2D eigenvalue weighted by atomic mass is 32.2. The molecule has 8 heteroatoms. The van der Waals surface area contributed by atoms with Crippen LogP contribution in [0.5, 0.6) is 0 Å². The SMILES string of the molecule is Cc1cc(NC(=O)C(C)C)cc2sc(NS(=O)(=O)c3ccccc3)nc12. The number of anilines is 2. The van der Waals surface area contributed by atoms with Gasteiger partial charge in [-0.05, 0) is 36.8 Å². The molecule has 3 rings (SSSR count). The van der Waals surface area contributed by atoms with Crippen LogP contribution in [-0.4, -0.2) is 19.3 Å². The van der Waals surface area contributed by atoms with E-state index in [1.165, 1.54) is 23.5 Å². The van der Waals surface area contributed by atoms with Crippen LogP contribution in [0.15, 0.2) is 47.4 Å². The topological polar surface area (TPSA) is 88.2 Å². The monoisotopic (exact) mass is 389 g/mol. The van der Waals surface area contributed by atoms with E-state index in [0.29, 0.717) is 16.3 Å². The smallest absolute Gasteiger partial charge is 0.263 e. The van der Waals surface area contributed by atoms with Crippen LogP contribution < -0.4 is 10.0 Å². The maximum atomic E-state index is 12.4. The van der Waals surface area contributed by atoms with Gasteiger partial charge in [0.25, 0.3) is 10.0 Å². The number of nitrogens with one attached hydrogen (secondary N) is 2. The van der Waals surface area contributed by atoms with Crippen LogP contribution in [-0.2, 0) is 14.8 Å². The van der Waals surface area contributed by atoms with Gasteiger partial charge in [0.2, 0.25) is 5.91 Å². The minimum absolute atomic E-state index is 0.0710. The Morgan fingerprint density at radius 1 is 1.15 bits per heavy atom. The molecule has 0 aliphatic rings. The standard InChI is InChI=1S/C18H19N3O3S2/c1-11(2)17(22)19-13-9-12(3)16-15(10-13)25-18(20-16)21-26(23,24)14-7-5-4-6-8-14/h4-11H,1-3H3,(H,19,22)(H,20,21). The quantitative estimate of drug-likeness (QED) is 0.690. The number of hydrogen-bond donors (Lipinski definition) is 2. The summed E-state index contributed by atoms with van der Waals surface area (Å²) in [6, 6.07) is 11.8. The highest BCUT2D eigenvalue weighted by Crippen LogP contribution is 2.32. The second-order valence-corrected chi connectivity index (χ2v) is 8.93. The Balaban J connectivity index is 1.92. The fraction of sp³-hybridized carbons (Fsp3) is 0.222. The number of hydrogen-bond acceptors (Lipinski definition) is 5. The molecule has 0 fully saturated rings. The molecule has 0 bridgehead atoms. The van der Waals surface area contributed by atoms with Crippen LogP contribution in [0.25, 0.3) is 10.2 Å². The molecule has 26 heavy (non-hydrogen) atoms. The van der Waals surface area contributed by atoms with Crippen molar-refractivity contribution in [2.24, 2.45) is 5.92 Å². The van der Waals surface area contributed by atoms with Gasteiger partial charge in [0, 0.05) is 11.6 Å². The number of nitrogens with zero attached hydrogens (tertiary/aromatic N) is 1. The van der Waals surface area contributed by atoms with E-state index in [0.717, 1.165) is 10.3 Å². The van der Waals surface area contributed by atoms with Gasteiger partial charge >= 0.3 is 0 Å². The minimum Gasteiger partial charge on any atom is -0.326 e. The van der Waals surface area contributed by atoms with Gasteiger partial charge in [0.05, 0.1) is 15.1 Å². The molecule has 1 aromatic heterocycles. The van der Waals surface area contributed by atoms with Crippen molar-refractivity contribution in [2.75, 3.05) is 10.0 Å². The number of aryl methyl sites for hydroxylation is 1. The Hall–Kier alpha value is -2.45. The summed E-state index contributed by atoms with van der Waals surface area (Å²) < 4.78 is 28.2. The van der Waals surface area contributed by atoms with Gasteiger partial charge in [-0.2, -0.15) is 0 Å². The predicted octanol–water partition coefficient (Wildman–Crippen LogP) is 4.00. The van der Waals surface area contributed by atoms with Crippen molar-refractivity contribution in [3.63, 3.8) is 0 Å².